The molecular formula is C22H24FN5O2S. The minimum atomic E-state index is -3.87. The first kappa shape index (κ1) is 21.2. The molecular weight excluding hydrogens is 417 g/mol. The molecule has 1 aliphatic rings. The van der Waals surface area contributed by atoms with Gasteiger partial charge in [-0.3, -0.25) is 0 Å². The molecule has 31 heavy (non-hydrogen) atoms. The second-order valence-electron chi connectivity index (χ2n) is 7.50. The van der Waals surface area contributed by atoms with Gasteiger partial charge in [0.25, 0.3) is 0 Å². The number of rotatable bonds is 5. The molecule has 9 heteroatoms. The van der Waals surface area contributed by atoms with Crippen molar-refractivity contribution in [2.75, 3.05) is 36.4 Å². The third-order valence-electron chi connectivity index (χ3n) is 5.17. The maximum Gasteiger partial charge on any atom is 0.246 e. The topological polar surface area (TPSA) is 78.4 Å². The van der Waals surface area contributed by atoms with E-state index in [9.17, 15) is 12.8 Å². The first-order valence-electron chi connectivity index (χ1n) is 10.0. The van der Waals surface area contributed by atoms with Crippen molar-refractivity contribution in [1.82, 2.24) is 14.3 Å². The van der Waals surface area contributed by atoms with Crippen LogP contribution in [0.3, 0.4) is 0 Å². The van der Waals surface area contributed by atoms with E-state index in [0.29, 0.717) is 19.0 Å². The summed E-state index contributed by atoms with van der Waals surface area (Å²) in [5, 5.41) is 3.22. The molecule has 1 fully saturated rings. The Morgan fingerprint density at radius 2 is 1.61 bits per heavy atom. The highest BCUT2D eigenvalue weighted by atomic mass is 32.2. The highest BCUT2D eigenvalue weighted by Crippen LogP contribution is 2.23. The second-order valence-corrected chi connectivity index (χ2v) is 9.41. The number of piperazine rings is 1. The third-order valence-corrected chi connectivity index (χ3v) is 7.10. The largest absolute Gasteiger partial charge is 0.354 e. The number of nitrogens with zero attached hydrogens (tertiary/aromatic N) is 4. The molecule has 2 heterocycles. The molecule has 0 saturated carbocycles. The van der Waals surface area contributed by atoms with Gasteiger partial charge in [-0.1, -0.05) is 29.8 Å². The van der Waals surface area contributed by atoms with Crippen LogP contribution in [0.1, 0.15) is 11.3 Å². The molecule has 0 spiro atoms. The average molecular weight is 442 g/mol. The average Bonchev–Trinajstić information content (AvgIpc) is 2.75. The van der Waals surface area contributed by atoms with Gasteiger partial charge in [-0.25, -0.2) is 17.8 Å². The highest BCUT2D eigenvalue weighted by Gasteiger charge is 2.31. The number of nitrogens with one attached hydrogen (secondary N) is 1. The highest BCUT2D eigenvalue weighted by molar-refractivity contribution is 7.89. The zero-order chi connectivity index (χ0) is 22.0. The van der Waals surface area contributed by atoms with E-state index in [1.807, 2.05) is 49.1 Å². The molecule has 1 aromatic heterocycles. The van der Waals surface area contributed by atoms with Crippen LogP contribution in [0.25, 0.3) is 0 Å². The summed E-state index contributed by atoms with van der Waals surface area (Å²) in [6.45, 7) is 5.32. The fraction of sp³-hybridized carbons (Fsp3) is 0.273. The molecule has 1 saturated heterocycles. The summed E-state index contributed by atoms with van der Waals surface area (Å²) in [5.74, 6) is 0.480. The SMILES string of the molecule is Cc1ccc(Nc2nc(C)cc(N3CCN(S(=O)(=O)c4ccccc4F)CC3)n2)cc1. The van der Waals surface area contributed by atoms with E-state index in [2.05, 4.69) is 15.3 Å². The lowest BCUT2D eigenvalue weighted by Crippen LogP contribution is -2.49. The Morgan fingerprint density at radius 1 is 0.935 bits per heavy atom. The Hall–Kier alpha value is -3.04. The molecule has 7 nitrogen and oxygen atoms in total. The monoisotopic (exact) mass is 441 g/mol. The summed E-state index contributed by atoms with van der Waals surface area (Å²) >= 11 is 0. The standard InChI is InChI=1S/C22H24FN5O2S/c1-16-7-9-18(10-8-16)25-22-24-17(2)15-21(26-22)27-11-13-28(14-12-27)31(29,30)20-6-4-3-5-19(20)23/h3-10,15H,11-14H2,1-2H3,(H,24,25,26). The summed E-state index contributed by atoms with van der Waals surface area (Å²) in [6.07, 6.45) is 0. The van der Waals surface area contributed by atoms with Crippen LogP contribution in [-0.2, 0) is 10.0 Å². The van der Waals surface area contributed by atoms with Crippen molar-refractivity contribution in [3.63, 3.8) is 0 Å². The number of halogens is 1. The Bertz CT molecular complexity index is 1180. The molecule has 2 aromatic carbocycles. The molecule has 4 rings (SSSR count). The van der Waals surface area contributed by atoms with Crippen molar-refractivity contribution < 1.29 is 12.8 Å². The maximum absolute atomic E-state index is 14.0. The van der Waals surface area contributed by atoms with Crippen LogP contribution in [0.2, 0.25) is 0 Å². The summed E-state index contributed by atoms with van der Waals surface area (Å²) in [4.78, 5) is 10.8. The number of aryl methyl sites for hydroxylation is 2. The van der Waals surface area contributed by atoms with Crippen molar-refractivity contribution in [2.45, 2.75) is 18.7 Å². The van der Waals surface area contributed by atoms with E-state index in [1.54, 1.807) is 0 Å². The molecule has 0 amide bonds. The van der Waals surface area contributed by atoms with Crippen molar-refractivity contribution in [3.05, 3.63) is 71.7 Å². The van der Waals surface area contributed by atoms with Gasteiger partial charge < -0.3 is 10.2 Å². The second kappa shape index (κ2) is 8.60. The first-order chi connectivity index (χ1) is 14.8. The lowest BCUT2D eigenvalue weighted by atomic mass is 10.2. The molecule has 1 N–H and O–H groups in total. The molecule has 0 atom stereocenters. The van der Waals surface area contributed by atoms with Gasteiger partial charge in [0.15, 0.2) is 0 Å². The van der Waals surface area contributed by atoms with Crippen LogP contribution in [0.4, 0.5) is 21.8 Å². The molecule has 3 aromatic rings. The van der Waals surface area contributed by atoms with Crippen molar-refractivity contribution in [3.8, 4) is 0 Å². The molecule has 0 unspecified atom stereocenters. The van der Waals surface area contributed by atoms with Crippen LogP contribution >= 0.6 is 0 Å². The van der Waals surface area contributed by atoms with Crippen LogP contribution < -0.4 is 10.2 Å². The number of hydrogen-bond donors (Lipinski definition) is 1. The van der Waals surface area contributed by atoms with E-state index >= 15 is 0 Å². The molecule has 0 aliphatic carbocycles. The predicted octanol–water partition coefficient (Wildman–Crippen LogP) is 3.49. The number of aromatic nitrogens is 2. The van der Waals surface area contributed by atoms with Gasteiger partial charge in [0.1, 0.15) is 16.5 Å². The van der Waals surface area contributed by atoms with E-state index < -0.39 is 15.8 Å². The maximum atomic E-state index is 14.0. The fourth-order valence-corrected chi connectivity index (χ4v) is 4.97. The Kier molecular flexibility index (Phi) is 5.88. The van der Waals surface area contributed by atoms with Crippen molar-refractivity contribution in [2.24, 2.45) is 0 Å². The summed E-state index contributed by atoms with van der Waals surface area (Å²) in [6, 6.07) is 15.3. The van der Waals surface area contributed by atoms with Gasteiger partial charge in [-0.2, -0.15) is 9.29 Å². The number of benzene rings is 2. The van der Waals surface area contributed by atoms with Gasteiger partial charge in [0.05, 0.1) is 0 Å². The minimum Gasteiger partial charge on any atom is -0.354 e. The van der Waals surface area contributed by atoms with Gasteiger partial charge >= 0.3 is 0 Å². The van der Waals surface area contributed by atoms with Gasteiger partial charge in [-0.05, 0) is 38.1 Å². The van der Waals surface area contributed by atoms with Crippen LogP contribution in [0.5, 0.6) is 0 Å². The number of anilines is 3. The zero-order valence-electron chi connectivity index (χ0n) is 17.4. The van der Waals surface area contributed by atoms with Gasteiger partial charge in [0, 0.05) is 43.6 Å². The quantitative estimate of drug-likeness (QED) is 0.653. The van der Waals surface area contributed by atoms with Gasteiger partial charge in [0.2, 0.25) is 16.0 Å². The lowest BCUT2D eigenvalue weighted by Gasteiger charge is -2.34. The van der Waals surface area contributed by atoms with Crippen LogP contribution in [0, 0.1) is 19.7 Å². The van der Waals surface area contributed by atoms with E-state index in [-0.39, 0.29) is 18.0 Å². The Balaban J connectivity index is 1.48. The summed E-state index contributed by atoms with van der Waals surface area (Å²) in [7, 11) is -3.87. The Morgan fingerprint density at radius 3 is 2.29 bits per heavy atom. The molecule has 0 bridgehead atoms. The predicted molar refractivity (Wildman–Crippen MR) is 119 cm³/mol. The van der Waals surface area contributed by atoms with E-state index in [4.69, 9.17) is 0 Å². The third kappa shape index (κ3) is 4.67. The molecule has 1 aliphatic heterocycles. The van der Waals surface area contributed by atoms with Gasteiger partial charge in [-0.15, -0.1) is 0 Å². The first-order valence-corrected chi connectivity index (χ1v) is 11.5. The number of sulfonamides is 1. The van der Waals surface area contributed by atoms with Crippen molar-refractivity contribution in [1.29, 1.82) is 0 Å². The fourth-order valence-electron chi connectivity index (χ4n) is 3.49. The normalized spacial score (nSPS) is 15.1. The van der Waals surface area contributed by atoms with Crippen LogP contribution in [0.15, 0.2) is 59.5 Å². The van der Waals surface area contributed by atoms with E-state index in [0.717, 1.165) is 23.3 Å². The van der Waals surface area contributed by atoms with E-state index in [1.165, 1.54) is 28.1 Å². The van der Waals surface area contributed by atoms with Crippen LogP contribution in [-0.4, -0.2) is 48.9 Å². The molecule has 0 radical (unpaired) electrons. The van der Waals surface area contributed by atoms with Crippen molar-refractivity contribution >= 4 is 27.5 Å². The Labute approximate surface area is 181 Å². The minimum absolute atomic E-state index is 0.250. The summed E-state index contributed by atoms with van der Waals surface area (Å²) < 4.78 is 41.0. The zero-order valence-corrected chi connectivity index (χ0v) is 18.2. The number of hydrogen-bond acceptors (Lipinski definition) is 6. The lowest BCUT2D eigenvalue weighted by molar-refractivity contribution is 0.381. The smallest absolute Gasteiger partial charge is 0.246 e. The summed E-state index contributed by atoms with van der Waals surface area (Å²) in [5.41, 5.74) is 2.86. The molecule has 162 valence electrons.